The first-order valence-corrected chi connectivity index (χ1v) is 9.89. The lowest BCUT2D eigenvalue weighted by molar-refractivity contribution is 0.277. The number of nitrogen functional groups attached to an aromatic ring is 1. The number of aliphatic imine (C=N–C) groups is 1. The first kappa shape index (κ1) is 19.7. The molecule has 1 aliphatic rings. The molecule has 0 atom stereocenters. The van der Waals surface area contributed by atoms with Crippen LogP contribution in [0.2, 0.25) is 0 Å². The quantitative estimate of drug-likeness (QED) is 0.471. The molecule has 0 amide bonds. The summed E-state index contributed by atoms with van der Waals surface area (Å²) >= 11 is 0. The molecule has 3 rings (SSSR count). The Morgan fingerprint density at radius 1 is 1.29 bits per heavy atom. The van der Waals surface area contributed by atoms with E-state index in [0.29, 0.717) is 36.0 Å². The molecular weight excluding hydrogens is 350 g/mol. The van der Waals surface area contributed by atoms with E-state index in [9.17, 15) is 5.26 Å². The summed E-state index contributed by atoms with van der Waals surface area (Å²) < 4.78 is 1.64. The van der Waals surface area contributed by atoms with Crippen LogP contribution in [0.4, 0.5) is 5.82 Å². The van der Waals surface area contributed by atoms with Crippen LogP contribution >= 0.6 is 0 Å². The van der Waals surface area contributed by atoms with E-state index in [-0.39, 0.29) is 0 Å². The average Bonchev–Trinajstić information content (AvgIpc) is 3.01. The molecule has 0 saturated carbocycles. The maximum Gasteiger partial charge on any atom is 0.191 e. The van der Waals surface area contributed by atoms with E-state index in [0.717, 1.165) is 49.5 Å². The van der Waals surface area contributed by atoms with Gasteiger partial charge in [-0.2, -0.15) is 10.4 Å². The highest BCUT2D eigenvalue weighted by Crippen LogP contribution is 2.22. The highest BCUT2D eigenvalue weighted by molar-refractivity contribution is 5.78. The lowest BCUT2D eigenvalue weighted by Gasteiger charge is -2.31. The fourth-order valence-corrected chi connectivity index (χ4v) is 3.44. The third-order valence-electron chi connectivity index (χ3n) is 5.34. The maximum atomic E-state index is 9.50. The summed E-state index contributed by atoms with van der Waals surface area (Å²) in [4.78, 5) is 6.67. The number of piperidine rings is 1. The predicted octanol–water partition coefficient (Wildman–Crippen LogP) is 2.61. The first-order valence-electron chi connectivity index (χ1n) is 9.89. The second kappa shape index (κ2) is 8.79. The van der Waals surface area contributed by atoms with E-state index < -0.39 is 0 Å². The summed E-state index contributed by atoms with van der Waals surface area (Å²) in [6, 6.07) is 10.1. The zero-order valence-corrected chi connectivity index (χ0v) is 16.7. The van der Waals surface area contributed by atoms with Crippen LogP contribution in [-0.4, -0.2) is 40.3 Å². The third-order valence-corrected chi connectivity index (χ3v) is 5.34. The van der Waals surface area contributed by atoms with Crippen LogP contribution in [0.15, 0.2) is 29.3 Å². The molecule has 0 unspecified atom stereocenters. The monoisotopic (exact) mass is 379 g/mol. The second-order valence-corrected chi connectivity index (χ2v) is 7.58. The lowest BCUT2D eigenvalue weighted by atomic mass is 10.00. The molecule has 0 aliphatic carbocycles. The summed E-state index contributed by atoms with van der Waals surface area (Å²) in [5.41, 5.74) is 15.5. The summed E-state index contributed by atoms with van der Waals surface area (Å²) in [6.07, 6.45) is 3.73. The minimum Gasteiger partial charge on any atom is -0.382 e. The van der Waals surface area contributed by atoms with Gasteiger partial charge in [-0.3, -0.25) is 4.99 Å². The Bertz CT molecular complexity index is 865. The van der Waals surface area contributed by atoms with E-state index >= 15 is 0 Å². The van der Waals surface area contributed by atoms with Crippen LogP contribution < -0.4 is 11.5 Å². The number of aromatic nitrogens is 2. The van der Waals surface area contributed by atoms with Crippen molar-refractivity contribution in [3.05, 3.63) is 41.1 Å². The van der Waals surface area contributed by atoms with Gasteiger partial charge in [-0.15, -0.1) is 0 Å². The number of rotatable bonds is 5. The minimum absolute atomic E-state index is 0.381. The molecule has 2 aromatic rings. The zero-order valence-electron chi connectivity index (χ0n) is 16.7. The van der Waals surface area contributed by atoms with Crippen molar-refractivity contribution in [2.45, 2.75) is 39.5 Å². The SMILES string of the molecule is Cc1ccc(-n2nc(CCCN=C(N)N3CCC(C)CC3)c(C#N)c2N)cc1. The maximum absolute atomic E-state index is 9.50. The number of hydrogen-bond donors (Lipinski definition) is 2. The molecule has 1 fully saturated rings. The van der Waals surface area contributed by atoms with Gasteiger partial charge in [0.05, 0.1) is 11.4 Å². The summed E-state index contributed by atoms with van der Waals surface area (Å²) in [7, 11) is 0. The van der Waals surface area contributed by atoms with Gasteiger partial charge >= 0.3 is 0 Å². The molecule has 1 aromatic heterocycles. The molecule has 7 heteroatoms. The number of hydrogen-bond acceptors (Lipinski definition) is 4. The molecule has 0 radical (unpaired) electrons. The van der Waals surface area contributed by atoms with Crippen LogP contribution in [0, 0.1) is 24.2 Å². The van der Waals surface area contributed by atoms with Gasteiger partial charge in [-0.25, -0.2) is 4.68 Å². The molecule has 0 bridgehead atoms. The Labute approximate surface area is 166 Å². The number of anilines is 1. The topological polar surface area (TPSA) is 109 Å². The molecule has 1 aromatic carbocycles. The number of benzene rings is 1. The van der Waals surface area contributed by atoms with Crippen molar-refractivity contribution in [2.24, 2.45) is 16.6 Å². The van der Waals surface area contributed by atoms with Crippen molar-refractivity contribution < 1.29 is 0 Å². The number of nitrogens with two attached hydrogens (primary N) is 2. The number of guanidine groups is 1. The smallest absolute Gasteiger partial charge is 0.191 e. The molecule has 2 heterocycles. The summed E-state index contributed by atoms with van der Waals surface area (Å²) in [5.74, 6) is 1.77. The minimum atomic E-state index is 0.381. The molecule has 4 N–H and O–H groups in total. The van der Waals surface area contributed by atoms with E-state index in [1.54, 1.807) is 4.68 Å². The largest absolute Gasteiger partial charge is 0.382 e. The van der Waals surface area contributed by atoms with Crippen LogP contribution in [0.5, 0.6) is 0 Å². The van der Waals surface area contributed by atoms with Crippen molar-refractivity contribution in [3.8, 4) is 11.8 Å². The average molecular weight is 380 g/mol. The highest BCUT2D eigenvalue weighted by atomic mass is 15.3. The van der Waals surface area contributed by atoms with Gasteiger partial charge in [0.15, 0.2) is 5.96 Å². The van der Waals surface area contributed by atoms with Gasteiger partial charge in [0, 0.05) is 19.6 Å². The van der Waals surface area contributed by atoms with Gasteiger partial charge in [0.2, 0.25) is 0 Å². The van der Waals surface area contributed by atoms with Gasteiger partial charge in [0.25, 0.3) is 0 Å². The van der Waals surface area contributed by atoms with Crippen molar-refractivity contribution in [3.63, 3.8) is 0 Å². The van der Waals surface area contributed by atoms with Gasteiger partial charge in [-0.1, -0.05) is 24.6 Å². The third kappa shape index (κ3) is 4.45. The highest BCUT2D eigenvalue weighted by Gasteiger charge is 2.18. The molecule has 1 saturated heterocycles. The molecule has 28 heavy (non-hydrogen) atoms. The number of nitrogens with zero attached hydrogens (tertiary/aromatic N) is 5. The predicted molar refractivity (Wildman–Crippen MR) is 112 cm³/mol. The van der Waals surface area contributed by atoms with Gasteiger partial charge in [-0.05, 0) is 50.7 Å². The normalized spacial score (nSPS) is 15.6. The van der Waals surface area contributed by atoms with Crippen LogP contribution in [0.3, 0.4) is 0 Å². The van der Waals surface area contributed by atoms with Crippen molar-refractivity contribution >= 4 is 11.8 Å². The Kier molecular flexibility index (Phi) is 6.19. The van der Waals surface area contributed by atoms with E-state index in [4.69, 9.17) is 11.5 Å². The Balaban J connectivity index is 1.63. The summed E-state index contributed by atoms with van der Waals surface area (Å²) in [6.45, 7) is 6.87. The molecule has 7 nitrogen and oxygen atoms in total. The first-order chi connectivity index (χ1) is 13.5. The van der Waals surface area contributed by atoms with E-state index in [2.05, 4.69) is 28.0 Å². The second-order valence-electron chi connectivity index (χ2n) is 7.58. The number of likely N-dealkylation sites (tertiary alicyclic amines) is 1. The van der Waals surface area contributed by atoms with Gasteiger partial charge in [0.1, 0.15) is 17.5 Å². The number of nitriles is 1. The Hall–Kier alpha value is -3.01. The molecule has 148 valence electrons. The van der Waals surface area contributed by atoms with Crippen LogP contribution in [-0.2, 0) is 6.42 Å². The van der Waals surface area contributed by atoms with Crippen molar-refractivity contribution in [2.75, 3.05) is 25.4 Å². The van der Waals surface area contributed by atoms with Crippen molar-refractivity contribution in [1.82, 2.24) is 14.7 Å². The molecule has 1 aliphatic heterocycles. The standard InChI is InChI=1S/C21H29N7/c1-15-5-7-17(8-6-15)28-20(23)18(14-22)19(26-28)4-3-11-25-21(24)27-12-9-16(2)10-13-27/h5-8,16H,3-4,9-13,23H2,1-2H3,(H2,24,25). The molecular formula is C21H29N7. The van der Waals surface area contributed by atoms with Crippen LogP contribution in [0.25, 0.3) is 5.69 Å². The molecule has 0 spiro atoms. The van der Waals surface area contributed by atoms with E-state index in [1.165, 1.54) is 0 Å². The number of aryl methyl sites for hydroxylation is 2. The van der Waals surface area contributed by atoms with Crippen molar-refractivity contribution in [1.29, 1.82) is 5.26 Å². The Morgan fingerprint density at radius 3 is 2.61 bits per heavy atom. The van der Waals surface area contributed by atoms with Gasteiger partial charge < -0.3 is 16.4 Å². The Morgan fingerprint density at radius 2 is 1.96 bits per heavy atom. The fraction of sp³-hybridized carbons (Fsp3) is 0.476. The summed E-state index contributed by atoms with van der Waals surface area (Å²) in [5, 5.41) is 14.1. The van der Waals surface area contributed by atoms with Crippen LogP contribution in [0.1, 0.15) is 43.0 Å². The zero-order chi connectivity index (χ0) is 20.1. The fourth-order valence-electron chi connectivity index (χ4n) is 3.44. The lowest BCUT2D eigenvalue weighted by Crippen LogP contribution is -2.42. The van der Waals surface area contributed by atoms with E-state index in [1.807, 2.05) is 31.2 Å².